The van der Waals surface area contributed by atoms with E-state index in [4.69, 9.17) is 8.83 Å². The molecule has 3 nitrogen and oxygen atoms in total. The number of fused-ring (bicyclic) bond motifs is 8. The van der Waals surface area contributed by atoms with Crippen molar-refractivity contribution in [2.24, 2.45) is 0 Å². The molecule has 0 atom stereocenters. The van der Waals surface area contributed by atoms with Crippen molar-refractivity contribution in [1.82, 2.24) is 4.57 Å². The van der Waals surface area contributed by atoms with E-state index in [2.05, 4.69) is 126 Å². The number of para-hydroxylation sites is 3. The van der Waals surface area contributed by atoms with Crippen molar-refractivity contribution >= 4 is 54.9 Å². The fourth-order valence-corrected chi connectivity index (χ4v) is 6.35. The summed E-state index contributed by atoms with van der Waals surface area (Å²) < 4.78 is 15.0. The molecule has 3 heteroatoms. The lowest BCUT2D eigenvalue weighted by Crippen LogP contribution is -1.92. The van der Waals surface area contributed by atoms with Crippen LogP contribution in [-0.2, 0) is 0 Å². The van der Waals surface area contributed by atoms with Crippen LogP contribution in [0, 0.1) is 0 Å². The summed E-state index contributed by atoms with van der Waals surface area (Å²) in [6, 6.07) is 48.8. The van der Waals surface area contributed by atoms with E-state index in [1.807, 2.05) is 18.2 Å². The third-order valence-corrected chi connectivity index (χ3v) is 8.22. The second kappa shape index (κ2) is 8.48. The Hall–Kier alpha value is -5.54. The Morgan fingerprint density at radius 1 is 0.439 bits per heavy atom. The van der Waals surface area contributed by atoms with Gasteiger partial charge in [-0.1, -0.05) is 91.0 Å². The Labute approximate surface area is 235 Å². The van der Waals surface area contributed by atoms with Gasteiger partial charge in [0.05, 0.1) is 5.52 Å². The molecule has 0 aliphatic rings. The highest BCUT2D eigenvalue weighted by molar-refractivity contribution is 6.17. The van der Waals surface area contributed by atoms with Crippen molar-refractivity contribution in [1.29, 1.82) is 0 Å². The van der Waals surface area contributed by atoms with E-state index >= 15 is 0 Å². The number of benzene rings is 6. The smallest absolute Gasteiger partial charge is 0.161 e. The van der Waals surface area contributed by atoms with Gasteiger partial charge in [0.1, 0.15) is 22.3 Å². The Morgan fingerprint density at radius 3 is 2.02 bits per heavy atom. The summed E-state index contributed by atoms with van der Waals surface area (Å²) in [4.78, 5) is 0. The van der Waals surface area contributed by atoms with Crippen LogP contribution in [0.1, 0.15) is 0 Å². The van der Waals surface area contributed by atoms with E-state index in [0.29, 0.717) is 0 Å². The standard InChI is InChI=1S/C38H23NO2/c1-2-9-27(10-3-1)39-32-14-6-4-11-29(32)38-37(39)31-22-21-26(23-35(31)41-38)24-17-19-25(20-18-24)28-13-8-16-34-36(28)30-12-5-7-15-33(30)40-34/h1-23H. The molecule has 9 rings (SSSR count). The predicted octanol–water partition coefficient (Wildman–Crippen LogP) is 10.8. The summed E-state index contributed by atoms with van der Waals surface area (Å²) in [6.07, 6.45) is 0. The molecule has 0 N–H and O–H groups in total. The van der Waals surface area contributed by atoms with E-state index in [0.717, 1.165) is 71.7 Å². The molecule has 0 bridgehead atoms. The Kier molecular flexibility index (Phi) is 4.61. The molecule has 0 saturated carbocycles. The molecule has 192 valence electrons. The Bertz CT molecular complexity index is 2400. The molecule has 0 amide bonds. The van der Waals surface area contributed by atoms with Crippen molar-refractivity contribution in [3.05, 3.63) is 140 Å². The summed E-state index contributed by atoms with van der Waals surface area (Å²) in [7, 11) is 0. The quantitative estimate of drug-likeness (QED) is 0.230. The predicted molar refractivity (Wildman–Crippen MR) is 169 cm³/mol. The van der Waals surface area contributed by atoms with E-state index < -0.39 is 0 Å². The molecule has 0 unspecified atom stereocenters. The van der Waals surface area contributed by atoms with Crippen LogP contribution in [0.4, 0.5) is 0 Å². The molecule has 3 heterocycles. The van der Waals surface area contributed by atoms with Crippen molar-refractivity contribution < 1.29 is 8.83 Å². The van der Waals surface area contributed by atoms with E-state index in [-0.39, 0.29) is 0 Å². The largest absolute Gasteiger partial charge is 0.456 e. The second-order valence-corrected chi connectivity index (χ2v) is 10.5. The van der Waals surface area contributed by atoms with E-state index in [1.54, 1.807) is 0 Å². The number of hydrogen-bond donors (Lipinski definition) is 0. The van der Waals surface area contributed by atoms with Gasteiger partial charge in [0.2, 0.25) is 0 Å². The van der Waals surface area contributed by atoms with Crippen molar-refractivity contribution in [2.75, 3.05) is 0 Å². The highest BCUT2D eigenvalue weighted by Gasteiger charge is 2.19. The van der Waals surface area contributed by atoms with Crippen LogP contribution in [0.3, 0.4) is 0 Å². The molecule has 3 aromatic heterocycles. The molecule has 6 aromatic carbocycles. The van der Waals surface area contributed by atoms with Crippen LogP contribution < -0.4 is 0 Å². The van der Waals surface area contributed by atoms with Crippen LogP contribution in [0.5, 0.6) is 0 Å². The van der Waals surface area contributed by atoms with Gasteiger partial charge in [-0.25, -0.2) is 0 Å². The minimum absolute atomic E-state index is 0.890. The van der Waals surface area contributed by atoms with Crippen LogP contribution >= 0.6 is 0 Å². The fourth-order valence-electron chi connectivity index (χ4n) is 6.35. The van der Waals surface area contributed by atoms with Gasteiger partial charge in [-0.2, -0.15) is 0 Å². The van der Waals surface area contributed by atoms with Gasteiger partial charge in [0.25, 0.3) is 0 Å². The van der Waals surface area contributed by atoms with E-state index in [9.17, 15) is 0 Å². The summed E-state index contributed by atoms with van der Waals surface area (Å²) in [5, 5.41) is 4.53. The van der Waals surface area contributed by atoms with Crippen molar-refractivity contribution in [3.63, 3.8) is 0 Å². The summed E-state index contributed by atoms with van der Waals surface area (Å²) in [5.74, 6) is 0. The molecular weight excluding hydrogens is 502 g/mol. The first-order chi connectivity index (χ1) is 20.3. The van der Waals surface area contributed by atoms with Crippen molar-refractivity contribution in [3.8, 4) is 27.9 Å². The van der Waals surface area contributed by atoms with Crippen molar-refractivity contribution in [2.45, 2.75) is 0 Å². The number of hydrogen-bond acceptors (Lipinski definition) is 2. The molecule has 0 aliphatic heterocycles. The average Bonchev–Trinajstić information content (AvgIpc) is 3.70. The monoisotopic (exact) mass is 525 g/mol. The first-order valence-corrected chi connectivity index (χ1v) is 13.9. The van der Waals surface area contributed by atoms with E-state index in [1.165, 1.54) is 11.1 Å². The third-order valence-electron chi connectivity index (χ3n) is 8.22. The van der Waals surface area contributed by atoms with Gasteiger partial charge in [-0.05, 0) is 70.8 Å². The number of nitrogens with zero attached hydrogens (tertiary/aromatic N) is 1. The molecule has 0 spiro atoms. The fraction of sp³-hybridized carbons (Fsp3) is 0. The topological polar surface area (TPSA) is 31.2 Å². The van der Waals surface area contributed by atoms with Crippen LogP contribution in [0.2, 0.25) is 0 Å². The zero-order chi connectivity index (χ0) is 26.9. The lowest BCUT2D eigenvalue weighted by Gasteiger charge is -2.08. The first-order valence-electron chi connectivity index (χ1n) is 13.9. The summed E-state index contributed by atoms with van der Waals surface area (Å²) >= 11 is 0. The highest BCUT2D eigenvalue weighted by atomic mass is 16.3. The summed E-state index contributed by atoms with van der Waals surface area (Å²) in [6.45, 7) is 0. The normalized spacial score (nSPS) is 11.9. The highest BCUT2D eigenvalue weighted by Crippen LogP contribution is 2.41. The van der Waals surface area contributed by atoms with Crippen LogP contribution in [0.25, 0.3) is 82.9 Å². The molecule has 0 radical (unpaired) electrons. The van der Waals surface area contributed by atoms with Crippen LogP contribution in [0.15, 0.2) is 148 Å². The maximum absolute atomic E-state index is 6.57. The lowest BCUT2D eigenvalue weighted by molar-refractivity contribution is 0.669. The molecule has 41 heavy (non-hydrogen) atoms. The zero-order valence-electron chi connectivity index (χ0n) is 22.0. The van der Waals surface area contributed by atoms with Gasteiger partial charge in [-0.3, -0.25) is 0 Å². The van der Waals surface area contributed by atoms with Gasteiger partial charge >= 0.3 is 0 Å². The first kappa shape index (κ1) is 22.3. The zero-order valence-corrected chi connectivity index (χ0v) is 22.0. The Balaban J connectivity index is 1.17. The molecule has 9 aromatic rings. The molecular formula is C38H23NO2. The Morgan fingerprint density at radius 2 is 1.15 bits per heavy atom. The van der Waals surface area contributed by atoms with Gasteiger partial charge in [-0.15, -0.1) is 0 Å². The minimum atomic E-state index is 0.890. The molecule has 0 fully saturated rings. The number of furan rings is 2. The summed E-state index contributed by atoms with van der Waals surface area (Å²) in [5.41, 5.74) is 11.6. The minimum Gasteiger partial charge on any atom is -0.456 e. The average molecular weight is 526 g/mol. The maximum Gasteiger partial charge on any atom is 0.161 e. The second-order valence-electron chi connectivity index (χ2n) is 10.5. The third kappa shape index (κ3) is 3.26. The lowest BCUT2D eigenvalue weighted by atomic mass is 9.97. The molecule has 0 aliphatic carbocycles. The van der Waals surface area contributed by atoms with Crippen LogP contribution in [-0.4, -0.2) is 4.57 Å². The van der Waals surface area contributed by atoms with Gasteiger partial charge < -0.3 is 13.4 Å². The van der Waals surface area contributed by atoms with Gasteiger partial charge in [0, 0.05) is 27.2 Å². The molecule has 0 saturated heterocycles. The SMILES string of the molecule is c1ccc(-n2c3ccccc3c3oc4cc(-c5ccc(-c6cccc7oc8ccccc8c67)cc5)ccc4c32)cc1. The number of rotatable bonds is 3. The number of aromatic nitrogens is 1. The maximum atomic E-state index is 6.57. The van der Waals surface area contributed by atoms with Gasteiger partial charge in [0.15, 0.2) is 5.58 Å².